The monoisotopic (exact) mass is 286 g/mol. The first kappa shape index (κ1) is 14.1. The fraction of sp³-hybridized carbons (Fsp3) is 0.846. The smallest absolute Gasteiger partial charge is 0.235 e. The van der Waals surface area contributed by atoms with Gasteiger partial charge in [0.2, 0.25) is 5.91 Å². The van der Waals surface area contributed by atoms with Crippen LogP contribution >= 0.6 is 24.0 Å². The second kappa shape index (κ2) is 5.78. The van der Waals surface area contributed by atoms with Crippen molar-refractivity contribution in [3.63, 3.8) is 0 Å². The average molecular weight is 286 g/mol. The highest BCUT2D eigenvalue weighted by molar-refractivity contribution is 7.99. The Labute approximate surface area is 119 Å². The van der Waals surface area contributed by atoms with Gasteiger partial charge < -0.3 is 10.6 Å². The molecular formula is C13H22N2OS2. The third-order valence-corrected chi connectivity index (χ3v) is 5.91. The van der Waals surface area contributed by atoms with E-state index in [1.165, 1.54) is 6.42 Å². The van der Waals surface area contributed by atoms with E-state index >= 15 is 0 Å². The average Bonchev–Trinajstić information content (AvgIpc) is 2.51. The van der Waals surface area contributed by atoms with Gasteiger partial charge in [-0.25, -0.2) is 0 Å². The van der Waals surface area contributed by atoms with Gasteiger partial charge in [0.15, 0.2) is 0 Å². The summed E-state index contributed by atoms with van der Waals surface area (Å²) in [5.41, 5.74) is 5.32. The molecule has 0 spiro atoms. The van der Waals surface area contributed by atoms with E-state index in [4.69, 9.17) is 18.0 Å². The van der Waals surface area contributed by atoms with E-state index in [1.807, 2.05) is 16.7 Å². The Morgan fingerprint density at radius 1 is 1.33 bits per heavy atom. The second-order valence-corrected chi connectivity index (χ2v) is 6.96. The summed E-state index contributed by atoms with van der Waals surface area (Å²) in [7, 11) is 0. The minimum absolute atomic E-state index is 0.197. The highest BCUT2D eigenvalue weighted by Crippen LogP contribution is 2.43. The molecule has 1 atom stereocenters. The van der Waals surface area contributed by atoms with Crippen LogP contribution in [0.1, 0.15) is 38.5 Å². The van der Waals surface area contributed by atoms with Crippen molar-refractivity contribution in [1.82, 2.24) is 4.90 Å². The first-order valence-electron chi connectivity index (χ1n) is 6.72. The van der Waals surface area contributed by atoms with Crippen LogP contribution in [0.4, 0.5) is 0 Å². The quantitative estimate of drug-likeness (QED) is 0.808. The minimum atomic E-state index is -0.492. The number of carbonyl (C=O) groups excluding carboxylic acids is 1. The van der Waals surface area contributed by atoms with Crippen LogP contribution in [0, 0.1) is 5.41 Å². The topological polar surface area (TPSA) is 46.3 Å². The van der Waals surface area contributed by atoms with Gasteiger partial charge in [0, 0.05) is 18.3 Å². The van der Waals surface area contributed by atoms with Crippen LogP contribution in [0.15, 0.2) is 0 Å². The van der Waals surface area contributed by atoms with Crippen molar-refractivity contribution in [3.8, 4) is 0 Å². The van der Waals surface area contributed by atoms with Gasteiger partial charge in [0.05, 0.1) is 10.4 Å². The SMILES string of the molecule is CSC1CCCN(C(=O)C2(C(N)=S)CCC2)CC1. The van der Waals surface area contributed by atoms with Gasteiger partial charge in [0.25, 0.3) is 0 Å². The number of rotatable bonds is 3. The van der Waals surface area contributed by atoms with Gasteiger partial charge in [0.1, 0.15) is 0 Å². The molecule has 2 rings (SSSR count). The predicted octanol–water partition coefficient (Wildman–Crippen LogP) is 2.19. The van der Waals surface area contributed by atoms with E-state index in [1.54, 1.807) is 0 Å². The number of nitrogens with zero attached hydrogens (tertiary/aromatic N) is 1. The molecular weight excluding hydrogens is 264 g/mol. The minimum Gasteiger partial charge on any atom is -0.392 e. The Morgan fingerprint density at radius 3 is 2.56 bits per heavy atom. The maximum absolute atomic E-state index is 12.6. The molecule has 1 saturated carbocycles. The summed E-state index contributed by atoms with van der Waals surface area (Å²) < 4.78 is 0. The lowest BCUT2D eigenvalue weighted by molar-refractivity contribution is -0.141. The molecule has 2 N–H and O–H groups in total. The number of thioether (sulfide) groups is 1. The number of hydrogen-bond acceptors (Lipinski definition) is 3. The highest BCUT2D eigenvalue weighted by Gasteiger charge is 2.48. The summed E-state index contributed by atoms with van der Waals surface area (Å²) in [5.74, 6) is 0.197. The summed E-state index contributed by atoms with van der Waals surface area (Å²) in [4.78, 5) is 15.1. The van der Waals surface area contributed by atoms with Crippen LogP contribution in [-0.2, 0) is 4.79 Å². The molecule has 1 unspecified atom stereocenters. The number of likely N-dealkylation sites (tertiary alicyclic amines) is 1. The Morgan fingerprint density at radius 2 is 2.06 bits per heavy atom. The van der Waals surface area contributed by atoms with Crippen LogP contribution in [-0.4, -0.2) is 40.4 Å². The maximum atomic E-state index is 12.6. The van der Waals surface area contributed by atoms with Crippen LogP contribution < -0.4 is 5.73 Å². The molecule has 1 amide bonds. The zero-order chi connectivity index (χ0) is 13.2. The molecule has 1 heterocycles. The molecule has 0 aromatic heterocycles. The van der Waals surface area contributed by atoms with Crippen LogP contribution in [0.3, 0.4) is 0 Å². The van der Waals surface area contributed by atoms with Crippen LogP contribution in [0.25, 0.3) is 0 Å². The van der Waals surface area contributed by atoms with Crippen LogP contribution in [0.5, 0.6) is 0 Å². The lowest BCUT2D eigenvalue weighted by Crippen LogP contribution is -2.54. The fourth-order valence-electron chi connectivity index (χ4n) is 2.90. The third-order valence-electron chi connectivity index (χ3n) is 4.38. The first-order valence-corrected chi connectivity index (χ1v) is 8.42. The highest BCUT2D eigenvalue weighted by atomic mass is 32.2. The van der Waals surface area contributed by atoms with Crippen molar-refractivity contribution in [2.75, 3.05) is 19.3 Å². The Hall–Kier alpha value is -0.290. The number of carbonyl (C=O) groups is 1. The molecule has 2 aliphatic rings. The lowest BCUT2D eigenvalue weighted by atomic mass is 9.67. The standard InChI is InChI=1S/C13H22N2OS2/c1-18-10-4-2-8-15(9-5-10)12(16)13(11(14)17)6-3-7-13/h10H,2-9H2,1H3,(H2,14,17). The lowest BCUT2D eigenvalue weighted by Gasteiger charge is -2.42. The van der Waals surface area contributed by atoms with E-state index in [0.29, 0.717) is 10.2 Å². The molecule has 0 radical (unpaired) electrons. The molecule has 0 aromatic rings. The predicted molar refractivity (Wildman–Crippen MR) is 80.8 cm³/mol. The molecule has 1 aliphatic heterocycles. The van der Waals surface area contributed by atoms with Gasteiger partial charge >= 0.3 is 0 Å². The Bertz CT molecular complexity index is 342. The molecule has 0 bridgehead atoms. The largest absolute Gasteiger partial charge is 0.392 e. The van der Waals surface area contributed by atoms with Crippen molar-refractivity contribution >= 4 is 34.9 Å². The van der Waals surface area contributed by atoms with Gasteiger partial charge in [-0.1, -0.05) is 18.6 Å². The van der Waals surface area contributed by atoms with Crippen LogP contribution in [0.2, 0.25) is 0 Å². The van der Waals surface area contributed by atoms with Gasteiger partial charge in [-0.3, -0.25) is 4.79 Å². The molecule has 1 saturated heterocycles. The number of nitrogens with two attached hydrogens (primary N) is 1. The van der Waals surface area contributed by atoms with E-state index in [2.05, 4.69) is 6.26 Å². The number of amides is 1. The summed E-state index contributed by atoms with van der Waals surface area (Å²) in [5, 5.41) is 0.699. The summed E-state index contributed by atoms with van der Waals surface area (Å²) >= 11 is 7.05. The Balaban J connectivity index is 2.02. The molecule has 0 aromatic carbocycles. The van der Waals surface area contributed by atoms with Crippen molar-refractivity contribution < 1.29 is 4.79 Å². The Kier molecular flexibility index (Phi) is 4.54. The van der Waals surface area contributed by atoms with E-state index < -0.39 is 5.41 Å². The zero-order valence-electron chi connectivity index (χ0n) is 11.0. The first-order chi connectivity index (χ1) is 8.60. The third kappa shape index (κ3) is 2.52. The van der Waals surface area contributed by atoms with Gasteiger partial charge in [-0.15, -0.1) is 0 Å². The summed E-state index contributed by atoms with van der Waals surface area (Å²) in [6, 6.07) is 0. The van der Waals surface area contributed by atoms with E-state index in [-0.39, 0.29) is 5.91 Å². The molecule has 102 valence electrons. The van der Waals surface area contributed by atoms with Crippen molar-refractivity contribution in [3.05, 3.63) is 0 Å². The fourth-order valence-corrected chi connectivity index (χ4v) is 3.94. The maximum Gasteiger partial charge on any atom is 0.235 e. The van der Waals surface area contributed by atoms with Gasteiger partial charge in [-0.2, -0.15) is 11.8 Å². The van der Waals surface area contributed by atoms with Crippen molar-refractivity contribution in [1.29, 1.82) is 0 Å². The molecule has 5 heteroatoms. The van der Waals surface area contributed by atoms with Gasteiger partial charge in [-0.05, 0) is 38.4 Å². The van der Waals surface area contributed by atoms with E-state index in [9.17, 15) is 4.79 Å². The normalized spacial score (nSPS) is 27.2. The molecule has 2 fully saturated rings. The molecule has 1 aliphatic carbocycles. The second-order valence-electron chi connectivity index (χ2n) is 5.38. The summed E-state index contributed by atoms with van der Waals surface area (Å²) in [6.07, 6.45) is 8.35. The zero-order valence-corrected chi connectivity index (χ0v) is 12.6. The van der Waals surface area contributed by atoms with E-state index in [0.717, 1.165) is 45.2 Å². The molecule has 18 heavy (non-hydrogen) atoms. The van der Waals surface area contributed by atoms with Crippen molar-refractivity contribution in [2.45, 2.75) is 43.8 Å². The number of thiocarbonyl (C=S) groups is 1. The molecule has 3 nitrogen and oxygen atoms in total. The summed E-state index contributed by atoms with van der Waals surface area (Å²) in [6.45, 7) is 1.74. The van der Waals surface area contributed by atoms with Crippen molar-refractivity contribution in [2.24, 2.45) is 11.1 Å². The number of hydrogen-bond donors (Lipinski definition) is 1.